The molecule has 0 fully saturated rings. The Morgan fingerprint density at radius 1 is 1.24 bits per heavy atom. The van der Waals surface area contributed by atoms with E-state index < -0.39 is 29.4 Å². The molecule has 0 aromatic heterocycles. The number of carbonyl (C=O) groups is 2. The van der Waals surface area contributed by atoms with Crippen molar-refractivity contribution in [3.63, 3.8) is 0 Å². The van der Waals surface area contributed by atoms with E-state index in [1.54, 1.807) is 25.1 Å². The molecule has 10 heteroatoms. The van der Waals surface area contributed by atoms with Crippen molar-refractivity contribution < 1.29 is 32.6 Å². The zero-order valence-corrected chi connectivity index (χ0v) is 20.9. The number of anilines is 2. The van der Waals surface area contributed by atoms with E-state index in [0.29, 0.717) is 48.3 Å². The van der Waals surface area contributed by atoms with E-state index in [0.717, 1.165) is 17.7 Å². The number of amides is 3. The predicted octanol–water partition coefficient (Wildman–Crippen LogP) is 5.80. The smallest absolute Gasteiger partial charge is 0.416 e. The number of β-amino-alcohol motifs (C(OH)–C–C–N with tert-alkyl or cyclic N) is 1. The number of fused-ring (bicyclic) bond motifs is 2. The van der Waals surface area contributed by atoms with Crippen LogP contribution in [0.4, 0.5) is 29.3 Å². The van der Waals surface area contributed by atoms with Gasteiger partial charge in [0, 0.05) is 42.5 Å². The number of aliphatic hydroxyl groups excluding tert-OH is 1. The fraction of sp³-hybridized carbons (Fsp3) is 0.407. The lowest BCUT2D eigenvalue weighted by molar-refractivity contribution is -0.137. The standard InChI is InChI=1S/C27H30F3N3O4/c1-4-26(5-2)13-18(21-9-7-19(27(28,29)30)11-23(21)37-26)10-24(35)31-20-8-6-17-15-33(14-16(3)34)25(36)32-22(17)12-20/h6-12,16,34H,4-5,13-15H2,1-3H3,(H,31,35)(H,32,36)/b18-10+/t16-/m1/s1. The highest BCUT2D eigenvalue weighted by atomic mass is 19.4. The summed E-state index contributed by atoms with van der Waals surface area (Å²) in [4.78, 5) is 26.8. The molecule has 0 saturated heterocycles. The lowest BCUT2D eigenvalue weighted by Crippen LogP contribution is -2.42. The summed E-state index contributed by atoms with van der Waals surface area (Å²) in [5, 5.41) is 15.1. The van der Waals surface area contributed by atoms with Crippen LogP contribution in [0.5, 0.6) is 5.75 Å². The number of nitrogens with zero attached hydrogens (tertiary/aromatic N) is 1. The summed E-state index contributed by atoms with van der Waals surface area (Å²) in [7, 11) is 0. The van der Waals surface area contributed by atoms with Crippen LogP contribution in [0.15, 0.2) is 42.5 Å². The van der Waals surface area contributed by atoms with E-state index >= 15 is 0 Å². The lowest BCUT2D eigenvalue weighted by atomic mass is 9.83. The molecule has 37 heavy (non-hydrogen) atoms. The fourth-order valence-corrected chi connectivity index (χ4v) is 4.72. The van der Waals surface area contributed by atoms with Gasteiger partial charge < -0.3 is 25.4 Å². The number of hydrogen-bond acceptors (Lipinski definition) is 4. The van der Waals surface area contributed by atoms with Crippen molar-refractivity contribution in [1.82, 2.24) is 4.90 Å². The summed E-state index contributed by atoms with van der Waals surface area (Å²) in [6.45, 7) is 5.95. The van der Waals surface area contributed by atoms with Gasteiger partial charge in [-0.25, -0.2) is 4.79 Å². The van der Waals surface area contributed by atoms with Crippen LogP contribution < -0.4 is 15.4 Å². The zero-order valence-electron chi connectivity index (χ0n) is 20.9. The zero-order chi connectivity index (χ0) is 27.0. The first-order valence-electron chi connectivity index (χ1n) is 12.2. The minimum absolute atomic E-state index is 0.113. The summed E-state index contributed by atoms with van der Waals surface area (Å²) in [5.74, 6) is -0.330. The van der Waals surface area contributed by atoms with E-state index in [2.05, 4.69) is 10.6 Å². The molecule has 2 aromatic rings. The molecule has 0 aliphatic carbocycles. The number of urea groups is 1. The molecule has 2 aliphatic rings. The largest absolute Gasteiger partial charge is 0.486 e. The van der Waals surface area contributed by atoms with Crippen molar-refractivity contribution in [2.45, 2.75) is 64.5 Å². The fourth-order valence-electron chi connectivity index (χ4n) is 4.72. The Balaban J connectivity index is 1.58. The van der Waals surface area contributed by atoms with Gasteiger partial charge in [0.1, 0.15) is 11.4 Å². The molecular formula is C27H30F3N3O4. The number of benzene rings is 2. The second-order valence-corrected chi connectivity index (χ2v) is 9.57. The quantitative estimate of drug-likeness (QED) is 0.423. The number of carbonyl (C=O) groups excluding carboxylic acids is 2. The normalized spacial score (nSPS) is 18.4. The maximum atomic E-state index is 13.3. The molecule has 0 saturated carbocycles. The lowest BCUT2D eigenvalue weighted by Gasteiger charge is -2.39. The first-order valence-corrected chi connectivity index (χ1v) is 12.2. The van der Waals surface area contributed by atoms with Crippen LogP contribution in [-0.4, -0.2) is 40.2 Å². The number of ether oxygens (including phenoxy) is 1. The van der Waals surface area contributed by atoms with E-state index in [4.69, 9.17) is 4.74 Å². The minimum atomic E-state index is -4.51. The molecule has 3 amide bonds. The summed E-state index contributed by atoms with van der Waals surface area (Å²) < 4.78 is 46.0. The van der Waals surface area contributed by atoms with Crippen molar-refractivity contribution in [3.05, 3.63) is 59.2 Å². The third-order valence-corrected chi connectivity index (χ3v) is 6.84. The highest BCUT2D eigenvalue weighted by molar-refractivity contribution is 6.05. The molecule has 2 aliphatic heterocycles. The molecule has 3 N–H and O–H groups in total. The number of nitrogens with one attached hydrogen (secondary N) is 2. The van der Waals surface area contributed by atoms with Crippen molar-refractivity contribution in [3.8, 4) is 5.75 Å². The topological polar surface area (TPSA) is 90.9 Å². The Kier molecular flexibility index (Phi) is 7.23. The van der Waals surface area contributed by atoms with Gasteiger partial charge in [-0.15, -0.1) is 0 Å². The van der Waals surface area contributed by atoms with Crippen LogP contribution >= 0.6 is 0 Å². The molecule has 0 unspecified atom stereocenters. The number of halogens is 3. The molecule has 4 rings (SSSR count). The Hall–Kier alpha value is -3.53. The monoisotopic (exact) mass is 517 g/mol. The third kappa shape index (κ3) is 5.74. The van der Waals surface area contributed by atoms with Gasteiger partial charge >= 0.3 is 12.2 Å². The van der Waals surface area contributed by atoms with Crippen LogP contribution in [0.25, 0.3) is 5.57 Å². The van der Waals surface area contributed by atoms with E-state index in [-0.39, 0.29) is 18.3 Å². The molecule has 7 nitrogen and oxygen atoms in total. The van der Waals surface area contributed by atoms with Crippen LogP contribution in [0.2, 0.25) is 0 Å². The van der Waals surface area contributed by atoms with Crippen molar-refractivity contribution in [2.24, 2.45) is 0 Å². The van der Waals surface area contributed by atoms with Crippen molar-refractivity contribution in [1.29, 1.82) is 0 Å². The van der Waals surface area contributed by atoms with Crippen LogP contribution in [0, 0.1) is 0 Å². The number of aliphatic hydroxyl groups is 1. The average molecular weight is 518 g/mol. The van der Waals surface area contributed by atoms with Gasteiger partial charge in [-0.1, -0.05) is 26.0 Å². The maximum absolute atomic E-state index is 13.3. The van der Waals surface area contributed by atoms with Crippen LogP contribution in [-0.2, 0) is 17.5 Å². The summed E-state index contributed by atoms with van der Waals surface area (Å²) in [6, 6.07) is 8.14. The summed E-state index contributed by atoms with van der Waals surface area (Å²) in [5.41, 5.74) is 1.39. The van der Waals surface area contributed by atoms with Crippen LogP contribution in [0.3, 0.4) is 0 Å². The highest BCUT2D eigenvalue weighted by Crippen LogP contribution is 2.45. The second kappa shape index (κ2) is 10.1. The molecule has 198 valence electrons. The molecule has 2 heterocycles. The van der Waals surface area contributed by atoms with Gasteiger partial charge in [-0.05, 0) is 55.2 Å². The van der Waals surface area contributed by atoms with Crippen molar-refractivity contribution in [2.75, 3.05) is 17.2 Å². The van der Waals surface area contributed by atoms with Crippen molar-refractivity contribution >= 4 is 28.9 Å². The number of hydrogen-bond donors (Lipinski definition) is 3. The Morgan fingerprint density at radius 2 is 1.97 bits per heavy atom. The predicted molar refractivity (Wildman–Crippen MR) is 134 cm³/mol. The van der Waals surface area contributed by atoms with Gasteiger partial charge in [0.25, 0.3) is 0 Å². The van der Waals surface area contributed by atoms with E-state index in [9.17, 15) is 27.9 Å². The third-order valence-electron chi connectivity index (χ3n) is 6.84. The highest BCUT2D eigenvalue weighted by Gasteiger charge is 2.38. The maximum Gasteiger partial charge on any atom is 0.416 e. The molecule has 0 spiro atoms. The first-order chi connectivity index (χ1) is 17.4. The second-order valence-electron chi connectivity index (χ2n) is 9.57. The van der Waals surface area contributed by atoms with E-state index in [1.807, 2.05) is 13.8 Å². The average Bonchev–Trinajstić information content (AvgIpc) is 2.83. The van der Waals surface area contributed by atoms with Gasteiger partial charge in [0.2, 0.25) is 5.91 Å². The Morgan fingerprint density at radius 3 is 2.62 bits per heavy atom. The van der Waals surface area contributed by atoms with Crippen LogP contribution in [0.1, 0.15) is 56.7 Å². The number of alkyl halides is 3. The Labute approximate surface area is 213 Å². The van der Waals surface area contributed by atoms with Gasteiger partial charge in [-0.2, -0.15) is 13.2 Å². The Bertz CT molecular complexity index is 1240. The molecule has 0 bridgehead atoms. The van der Waals surface area contributed by atoms with Gasteiger partial charge in [-0.3, -0.25) is 4.79 Å². The molecule has 1 atom stereocenters. The summed E-state index contributed by atoms with van der Waals surface area (Å²) in [6.07, 6.45) is -2.26. The molecule has 2 aromatic carbocycles. The first kappa shape index (κ1) is 26.5. The minimum Gasteiger partial charge on any atom is -0.486 e. The molecular weight excluding hydrogens is 487 g/mol. The van der Waals surface area contributed by atoms with Gasteiger partial charge in [0.15, 0.2) is 0 Å². The number of rotatable bonds is 6. The summed E-state index contributed by atoms with van der Waals surface area (Å²) >= 11 is 0. The van der Waals surface area contributed by atoms with E-state index in [1.165, 1.54) is 17.0 Å². The van der Waals surface area contributed by atoms with Gasteiger partial charge in [0.05, 0.1) is 11.7 Å². The molecule has 0 radical (unpaired) electrons. The SMILES string of the molecule is CCC1(CC)C/C(=C\C(=O)Nc2ccc3c(c2)NC(=O)N(C[C@@H](C)O)C3)c2ccc(C(F)(F)F)cc2O1.